The number of Topliss-reactive ketones (excluding diaryl/α,β-unsaturated/α-hetero) is 1. The molecule has 110 valence electrons. The van der Waals surface area contributed by atoms with Crippen LogP contribution in [0, 0.1) is 11.7 Å². The quantitative estimate of drug-likeness (QED) is 0.766. The second kappa shape index (κ2) is 6.24. The van der Waals surface area contributed by atoms with Gasteiger partial charge < -0.3 is 0 Å². The summed E-state index contributed by atoms with van der Waals surface area (Å²) in [5.74, 6) is 0.355. The van der Waals surface area contributed by atoms with E-state index in [2.05, 4.69) is 39.1 Å². The Kier molecular flexibility index (Phi) is 4.36. The van der Waals surface area contributed by atoms with Gasteiger partial charge in [-0.2, -0.15) is 0 Å². The first-order valence-electron chi connectivity index (χ1n) is 7.19. The van der Waals surface area contributed by atoms with Gasteiger partial charge in [0.15, 0.2) is 5.78 Å². The topological polar surface area (TPSA) is 20.3 Å². The lowest BCUT2D eigenvalue weighted by atomic mass is 9.95. The number of benzene rings is 1. The molecule has 1 unspecified atom stereocenters. The molecule has 0 radical (unpaired) electrons. The molecule has 0 aromatic heterocycles. The number of likely N-dealkylation sites (tertiary alicyclic amines) is 1. The largest absolute Gasteiger partial charge is 0.298 e. The molecule has 1 aromatic rings. The summed E-state index contributed by atoms with van der Waals surface area (Å²) in [4.78, 5) is 14.6. The van der Waals surface area contributed by atoms with Crippen molar-refractivity contribution in [2.24, 2.45) is 5.92 Å². The number of carbonyl (C=O) groups excluding carboxylic acids is 1. The molecular formula is C17H17BrFNO. The van der Waals surface area contributed by atoms with Crippen LogP contribution in [0.5, 0.6) is 0 Å². The number of carbonyl (C=O) groups is 1. The predicted molar refractivity (Wildman–Crippen MR) is 84.8 cm³/mol. The molecule has 2 aliphatic rings. The van der Waals surface area contributed by atoms with Crippen molar-refractivity contribution in [2.45, 2.75) is 12.8 Å². The van der Waals surface area contributed by atoms with Crippen molar-refractivity contribution >= 4 is 21.7 Å². The van der Waals surface area contributed by atoms with Crippen LogP contribution in [0.3, 0.4) is 0 Å². The van der Waals surface area contributed by atoms with Crippen LogP contribution in [-0.4, -0.2) is 30.3 Å². The fourth-order valence-electron chi connectivity index (χ4n) is 3.01. The summed E-state index contributed by atoms with van der Waals surface area (Å²) >= 11 is 3.26. The first kappa shape index (κ1) is 14.7. The lowest BCUT2D eigenvalue weighted by Crippen LogP contribution is -2.24. The number of allylic oxidation sites excluding steroid dienone is 3. The lowest BCUT2D eigenvalue weighted by molar-refractivity contribution is 0.0967. The normalized spacial score (nSPS) is 21.2. The fourth-order valence-corrected chi connectivity index (χ4v) is 3.58. The molecule has 0 amide bonds. The summed E-state index contributed by atoms with van der Waals surface area (Å²) in [5, 5.41) is 0. The first-order chi connectivity index (χ1) is 10.1. The molecule has 3 rings (SSSR count). The summed E-state index contributed by atoms with van der Waals surface area (Å²) in [5.41, 5.74) is 2.04. The highest BCUT2D eigenvalue weighted by atomic mass is 79.9. The highest BCUT2D eigenvalue weighted by Crippen LogP contribution is 2.29. The van der Waals surface area contributed by atoms with Gasteiger partial charge >= 0.3 is 0 Å². The van der Waals surface area contributed by atoms with Crippen LogP contribution in [0.1, 0.15) is 23.2 Å². The van der Waals surface area contributed by atoms with Gasteiger partial charge in [-0.3, -0.25) is 9.69 Å². The van der Waals surface area contributed by atoms with E-state index >= 15 is 0 Å². The molecule has 1 aromatic carbocycles. The van der Waals surface area contributed by atoms with Gasteiger partial charge in [0.1, 0.15) is 5.82 Å². The number of hydrogen-bond donors (Lipinski definition) is 0. The second-order valence-corrected chi connectivity index (χ2v) is 6.49. The Morgan fingerprint density at radius 3 is 3.05 bits per heavy atom. The van der Waals surface area contributed by atoms with E-state index in [0.717, 1.165) is 26.1 Å². The minimum atomic E-state index is -0.332. The van der Waals surface area contributed by atoms with Gasteiger partial charge in [-0.05, 0) is 46.5 Å². The number of ketones is 1. The number of rotatable bonds is 4. The van der Waals surface area contributed by atoms with Gasteiger partial charge in [0, 0.05) is 36.1 Å². The van der Waals surface area contributed by atoms with Gasteiger partial charge in [-0.15, -0.1) is 0 Å². The molecular weight excluding hydrogens is 333 g/mol. The van der Waals surface area contributed by atoms with Crippen LogP contribution >= 0.6 is 15.9 Å². The molecule has 0 spiro atoms. The summed E-state index contributed by atoms with van der Waals surface area (Å²) in [6.07, 6.45) is 8.11. The van der Waals surface area contributed by atoms with Crippen molar-refractivity contribution in [3.63, 3.8) is 0 Å². The minimum Gasteiger partial charge on any atom is -0.298 e. The number of halogens is 2. The zero-order valence-corrected chi connectivity index (χ0v) is 13.3. The average molecular weight is 350 g/mol. The third-order valence-corrected chi connectivity index (χ3v) is 4.82. The van der Waals surface area contributed by atoms with Crippen molar-refractivity contribution in [2.75, 3.05) is 19.6 Å². The molecule has 0 saturated carbocycles. The summed E-state index contributed by atoms with van der Waals surface area (Å²) < 4.78 is 13.6. The minimum absolute atomic E-state index is 0.0591. The molecule has 0 bridgehead atoms. The van der Waals surface area contributed by atoms with E-state index < -0.39 is 0 Å². The smallest absolute Gasteiger partial charge is 0.165 e. The molecule has 1 heterocycles. The van der Waals surface area contributed by atoms with Gasteiger partial charge in [0.05, 0.1) is 0 Å². The Morgan fingerprint density at radius 2 is 2.29 bits per heavy atom. The monoisotopic (exact) mass is 349 g/mol. The Hall–Kier alpha value is -1.26. The molecule has 4 heteroatoms. The van der Waals surface area contributed by atoms with Crippen LogP contribution in [0.4, 0.5) is 4.39 Å². The van der Waals surface area contributed by atoms with E-state index in [9.17, 15) is 9.18 Å². The van der Waals surface area contributed by atoms with E-state index in [1.165, 1.54) is 17.7 Å². The summed E-state index contributed by atoms with van der Waals surface area (Å²) in [6, 6.07) is 4.23. The lowest BCUT2D eigenvalue weighted by Gasteiger charge is -2.14. The molecule has 1 aliphatic heterocycles. The SMILES string of the molecule is O=C(CCN1CC2=CC=CCC2C1)c1ccc(F)cc1Br. The second-order valence-electron chi connectivity index (χ2n) is 5.63. The van der Waals surface area contributed by atoms with Crippen LogP contribution in [0.2, 0.25) is 0 Å². The van der Waals surface area contributed by atoms with Crippen LogP contribution in [0.25, 0.3) is 0 Å². The fraction of sp³-hybridized carbons (Fsp3) is 0.353. The van der Waals surface area contributed by atoms with Crippen molar-refractivity contribution < 1.29 is 9.18 Å². The third-order valence-electron chi connectivity index (χ3n) is 4.16. The van der Waals surface area contributed by atoms with Gasteiger partial charge in [-0.1, -0.05) is 23.8 Å². The Morgan fingerprint density at radius 1 is 1.43 bits per heavy atom. The van der Waals surface area contributed by atoms with Crippen molar-refractivity contribution in [1.29, 1.82) is 0 Å². The Balaban J connectivity index is 1.57. The number of nitrogens with zero attached hydrogens (tertiary/aromatic N) is 1. The molecule has 21 heavy (non-hydrogen) atoms. The van der Waals surface area contributed by atoms with E-state index in [1.807, 2.05) is 0 Å². The zero-order chi connectivity index (χ0) is 14.8. The summed E-state index contributed by atoms with van der Waals surface area (Å²) in [7, 11) is 0. The summed E-state index contributed by atoms with van der Waals surface area (Å²) in [6.45, 7) is 2.76. The van der Waals surface area contributed by atoms with Crippen LogP contribution < -0.4 is 0 Å². The Bertz CT molecular complexity index is 623. The molecule has 1 fully saturated rings. The van der Waals surface area contributed by atoms with Crippen molar-refractivity contribution in [3.8, 4) is 0 Å². The number of fused-ring (bicyclic) bond motifs is 1. The van der Waals surface area contributed by atoms with E-state index in [-0.39, 0.29) is 11.6 Å². The standard InChI is InChI=1S/C17H17BrFNO/c18-16-9-14(19)5-6-15(16)17(21)7-8-20-10-12-3-1-2-4-13(12)11-20/h1-3,5-6,9,13H,4,7-8,10-11H2. The maximum Gasteiger partial charge on any atom is 0.165 e. The molecule has 1 aliphatic carbocycles. The maximum absolute atomic E-state index is 13.1. The van der Waals surface area contributed by atoms with E-state index in [1.54, 1.807) is 6.07 Å². The first-order valence-corrected chi connectivity index (χ1v) is 7.99. The third kappa shape index (κ3) is 3.33. The van der Waals surface area contributed by atoms with E-state index in [0.29, 0.717) is 22.4 Å². The highest BCUT2D eigenvalue weighted by Gasteiger charge is 2.27. The van der Waals surface area contributed by atoms with Crippen molar-refractivity contribution in [1.82, 2.24) is 4.90 Å². The van der Waals surface area contributed by atoms with E-state index in [4.69, 9.17) is 0 Å². The molecule has 2 nitrogen and oxygen atoms in total. The van der Waals surface area contributed by atoms with Crippen molar-refractivity contribution in [3.05, 3.63) is 57.9 Å². The molecule has 1 atom stereocenters. The Labute approximate surface area is 132 Å². The average Bonchev–Trinajstić information content (AvgIpc) is 2.87. The highest BCUT2D eigenvalue weighted by molar-refractivity contribution is 9.10. The predicted octanol–water partition coefficient (Wildman–Crippen LogP) is 3.98. The maximum atomic E-state index is 13.1. The number of hydrogen-bond acceptors (Lipinski definition) is 2. The zero-order valence-electron chi connectivity index (χ0n) is 11.7. The van der Waals surface area contributed by atoms with Gasteiger partial charge in [0.2, 0.25) is 0 Å². The van der Waals surface area contributed by atoms with Gasteiger partial charge in [-0.25, -0.2) is 4.39 Å². The van der Waals surface area contributed by atoms with Gasteiger partial charge in [0.25, 0.3) is 0 Å². The van der Waals surface area contributed by atoms with Crippen LogP contribution in [-0.2, 0) is 0 Å². The molecule has 0 N–H and O–H groups in total. The molecule has 1 saturated heterocycles. The van der Waals surface area contributed by atoms with Crippen LogP contribution in [0.15, 0.2) is 46.5 Å².